The second-order valence-corrected chi connectivity index (χ2v) is 8.03. The van der Waals surface area contributed by atoms with E-state index in [9.17, 15) is 0 Å². The van der Waals surface area contributed by atoms with Gasteiger partial charge in [0.25, 0.3) is 0 Å². The second-order valence-electron chi connectivity index (χ2n) is 8.03. The Morgan fingerprint density at radius 3 is 2.66 bits per heavy atom. The molecular weight excluding hydrogens is 400 g/mol. The molecule has 0 radical (unpaired) electrons. The number of rotatable bonds is 4. The van der Waals surface area contributed by atoms with Gasteiger partial charge in [-0.05, 0) is 67.8 Å². The van der Waals surface area contributed by atoms with Gasteiger partial charge in [-0.3, -0.25) is 9.98 Å². The maximum atomic E-state index is 5.63. The number of fused-ring (bicyclic) bond motifs is 1. The largest absolute Gasteiger partial charge is 0.464 e. The van der Waals surface area contributed by atoms with Crippen molar-refractivity contribution in [1.82, 2.24) is 19.9 Å². The number of nitrogens with zero attached hydrogens (tertiary/aromatic N) is 5. The molecular formula is C25H24N6O. The van der Waals surface area contributed by atoms with Crippen LogP contribution in [0.2, 0.25) is 0 Å². The number of nitrogens with two attached hydrogens (primary N) is 1. The summed E-state index contributed by atoms with van der Waals surface area (Å²) in [6, 6.07) is 8.48. The zero-order chi connectivity index (χ0) is 22.2. The normalized spacial score (nSPS) is 16.9. The number of benzene rings is 1. The topological polar surface area (TPSA) is 93.4 Å². The summed E-state index contributed by atoms with van der Waals surface area (Å²) in [5, 5.41) is 1.12. The molecule has 2 unspecified atom stereocenters. The fraction of sp³-hybridized carbons (Fsp3) is 0.200. The molecule has 2 N–H and O–H groups in total. The molecule has 1 aromatic carbocycles. The molecule has 2 atom stereocenters. The Hall–Kier alpha value is -4.00. The summed E-state index contributed by atoms with van der Waals surface area (Å²) in [7, 11) is 0. The third-order valence-corrected chi connectivity index (χ3v) is 5.94. The fourth-order valence-electron chi connectivity index (χ4n) is 4.18. The van der Waals surface area contributed by atoms with Gasteiger partial charge in [-0.1, -0.05) is 0 Å². The number of anilines is 1. The van der Waals surface area contributed by atoms with Gasteiger partial charge in [0, 0.05) is 53.2 Å². The minimum absolute atomic E-state index is 0.0188. The Labute approximate surface area is 186 Å². The maximum Gasteiger partial charge on any atom is 0.219 e. The molecule has 160 valence electrons. The quantitative estimate of drug-likeness (QED) is 0.495. The van der Waals surface area contributed by atoms with Crippen molar-refractivity contribution in [2.24, 2.45) is 4.99 Å². The Morgan fingerprint density at radius 1 is 1.03 bits per heavy atom. The minimum Gasteiger partial charge on any atom is -0.464 e. The number of hydrogen-bond acceptors (Lipinski definition) is 7. The molecule has 0 spiro atoms. The van der Waals surface area contributed by atoms with Crippen molar-refractivity contribution in [1.29, 1.82) is 0 Å². The van der Waals surface area contributed by atoms with Crippen LogP contribution in [0.4, 0.5) is 5.95 Å². The van der Waals surface area contributed by atoms with E-state index in [-0.39, 0.29) is 18.2 Å². The summed E-state index contributed by atoms with van der Waals surface area (Å²) >= 11 is 0. The molecule has 7 nitrogen and oxygen atoms in total. The number of hydrogen-bond donors (Lipinski definition) is 1. The highest BCUT2D eigenvalue weighted by atomic mass is 16.3. The van der Waals surface area contributed by atoms with Crippen LogP contribution in [0.25, 0.3) is 27.8 Å². The first-order valence-electron chi connectivity index (χ1n) is 10.5. The highest BCUT2D eigenvalue weighted by Crippen LogP contribution is 2.36. The summed E-state index contributed by atoms with van der Waals surface area (Å²) in [5.74, 6) is 0.255. The average molecular weight is 425 g/mol. The molecule has 3 aromatic heterocycles. The lowest BCUT2D eigenvalue weighted by molar-refractivity contribution is 0.252. The van der Waals surface area contributed by atoms with E-state index >= 15 is 0 Å². The predicted molar refractivity (Wildman–Crippen MR) is 127 cm³/mol. The molecule has 7 heteroatoms. The maximum absolute atomic E-state index is 5.63. The van der Waals surface area contributed by atoms with Crippen molar-refractivity contribution in [3.8, 4) is 11.1 Å². The lowest BCUT2D eigenvalue weighted by Gasteiger charge is -2.38. The predicted octanol–water partition coefficient (Wildman–Crippen LogP) is 5.01. The average Bonchev–Trinajstić information content (AvgIpc) is 3.19. The van der Waals surface area contributed by atoms with Gasteiger partial charge in [0.1, 0.15) is 11.7 Å². The number of aromatic nitrogens is 3. The van der Waals surface area contributed by atoms with Crippen LogP contribution in [0.5, 0.6) is 0 Å². The molecule has 5 rings (SSSR count). The molecule has 1 aliphatic heterocycles. The van der Waals surface area contributed by atoms with Crippen LogP contribution in [0.15, 0.2) is 70.8 Å². The number of allylic oxidation sites excluding steroid dienone is 1. The van der Waals surface area contributed by atoms with E-state index in [2.05, 4.69) is 69.9 Å². The number of nitrogen functional groups attached to an aromatic ring is 1. The monoisotopic (exact) mass is 424 g/mol. The third-order valence-electron chi connectivity index (χ3n) is 5.94. The lowest BCUT2D eigenvalue weighted by Crippen LogP contribution is -2.35. The molecule has 0 saturated carbocycles. The van der Waals surface area contributed by atoms with Crippen LogP contribution in [0.3, 0.4) is 0 Å². The first-order valence-corrected chi connectivity index (χ1v) is 10.5. The first kappa shape index (κ1) is 19.9. The van der Waals surface area contributed by atoms with Gasteiger partial charge < -0.3 is 15.1 Å². The first-order chi connectivity index (χ1) is 15.5. The van der Waals surface area contributed by atoms with Gasteiger partial charge >= 0.3 is 0 Å². The van der Waals surface area contributed by atoms with Crippen LogP contribution in [0.1, 0.15) is 36.6 Å². The number of aliphatic imine (C=N–C) groups is 1. The standard InChI is InChI=1S/C25H24N6O/c1-15-14-32-24-5-4-18(9-22(15)24)23-6-7-28-17(3)31(23)16(2)19-8-20(11-27-10-19)21-12-29-25(26)30-13-21/h4-14,16-17H,1-3H3,(H2,26,29,30). The molecule has 0 fully saturated rings. The van der Waals surface area contributed by atoms with Crippen molar-refractivity contribution in [2.45, 2.75) is 33.0 Å². The summed E-state index contributed by atoms with van der Waals surface area (Å²) in [6.45, 7) is 6.34. The highest BCUT2D eigenvalue weighted by Gasteiger charge is 2.27. The van der Waals surface area contributed by atoms with E-state index in [1.54, 1.807) is 18.7 Å². The van der Waals surface area contributed by atoms with Crippen LogP contribution in [-0.2, 0) is 0 Å². The molecule has 0 saturated heterocycles. The number of pyridine rings is 1. The van der Waals surface area contributed by atoms with Gasteiger partial charge in [0.05, 0.1) is 12.3 Å². The smallest absolute Gasteiger partial charge is 0.219 e. The van der Waals surface area contributed by atoms with Crippen molar-refractivity contribution in [2.75, 3.05) is 5.73 Å². The van der Waals surface area contributed by atoms with Gasteiger partial charge in [-0.25, -0.2) is 9.97 Å². The van der Waals surface area contributed by atoms with Crippen molar-refractivity contribution >= 4 is 28.8 Å². The van der Waals surface area contributed by atoms with Crippen LogP contribution < -0.4 is 5.73 Å². The van der Waals surface area contributed by atoms with E-state index in [1.807, 2.05) is 24.7 Å². The molecule has 4 heterocycles. The summed E-state index contributed by atoms with van der Waals surface area (Å²) < 4.78 is 5.63. The summed E-state index contributed by atoms with van der Waals surface area (Å²) in [4.78, 5) is 19.7. The Balaban J connectivity index is 1.52. The number of aryl methyl sites for hydroxylation is 1. The van der Waals surface area contributed by atoms with Crippen LogP contribution in [0, 0.1) is 6.92 Å². The third kappa shape index (κ3) is 3.51. The Kier molecular flexibility index (Phi) is 4.93. The van der Waals surface area contributed by atoms with E-state index in [1.165, 1.54) is 0 Å². The van der Waals surface area contributed by atoms with Gasteiger partial charge in [-0.2, -0.15) is 0 Å². The van der Waals surface area contributed by atoms with Crippen molar-refractivity contribution < 1.29 is 4.42 Å². The molecule has 32 heavy (non-hydrogen) atoms. The van der Waals surface area contributed by atoms with E-state index in [0.717, 1.165) is 44.5 Å². The summed E-state index contributed by atoms with van der Waals surface area (Å²) in [6.07, 6.45) is 12.9. The van der Waals surface area contributed by atoms with Gasteiger partial charge in [-0.15, -0.1) is 0 Å². The van der Waals surface area contributed by atoms with Crippen LogP contribution >= 0.6 is 0 Å². The zero-order valence-electron chi connectivity index (χ0n) is 18.2. The van der Waals surface area contributed by atoms with E-state index in [0.29, 0.717) is 0 Å². The van der Waals surface area contributed by atoms with Gasteiger partial charge in [0.15, 0.2) is 0 Å². The molecule has 0 amide bonds. The van der Waals surface area contributed by atoms with E-state index in [4.69, 9.17) is 10.2 Å². The minimum atomic E-state index is -0.0188. The molecule has 4 aromatic rings. The lowest BCUT2D eigenvalue weighted by atomic mass is 10.00. The molecule has 0 aliphatic carbocycles. The SMILES string of the molecule is Cc1coc2ccc(C3=CC=NC(C)N3C(C)c3cncc(-c4cnc(N)nc4)c3)cc12. The number of furan rings is 1. The fourth-order valence-corrected chi connectivity index (χ4v) is 4.18. The van der Waals surface area contributed by atoms with Crippen molar-refractivity contribution in [3.05, 3.63) is 78.1 Å². The summed E-state index contributed by atoms with van der Waals surface area (Å²) in [5.41, 5.74) is 12.8. The van der Waals surface area contributed by atoms with Gasteiger partial charge in [0.2, 0.25) is 5.95 Å². The Morgan fingerprint density at radius 2 is 1.84 bits per heavy atom. The zero-order valence-corrected chi connectivity index (χ0v) is 18.2. The second kappa shape index (κ2) is 7.92. The molecule has 0 bridgehead atoms. The van der Waals surface area contributed by atoms with E-state index < -0.39 is 0 Å². The molecule has 1 aliphatic rings. The van der Waals surface area contributed by atoms with Crippen LogP contribution in [-0.4, -0.2) is 32.2 Å². The van der Waals surface area contributed by atoms with Crippen molar-refractivity contribution in [3.63, 3.8) is 0 Å². The Bertz CT molecular complexity index is 1340. The highest BCUT2D eigenvalue weighted by molar-refractivity contribution is 5.90.